The van der Waals surface area contributed by atoms with E-state index in [0.29, 0.717) is 13.0 Å². The van der Waals surface area contributed by atoms with Crippen LogP contribution < -0.4 is 10.6 Å². The summed E-state index contributed by atoms with van der Waals surface area (Å²) in [7, 11) is 0. The number of rotatable bonds is 5. The average Bonchev–Trinajstić information content (AvgIpc) is 2.48. The van der Waals surface area contributed by atoms with Gasteiger partial charge in [-0.05, 0) is 42.7 Å². The van der Waals surface area contributed by atoms with Gasteiger partial charge in [0.25, 0.3) is 0 Å². The lowest BCUT2D eigenvalue weighted by Crippen LogP contribution is -2.44. The first kappa shape index (κ1) is 15.7. The number of aromatic carboxylic acids is 1. The molecule has 0 spiro atoms. The molecular formula is C15H20N2O3S. The highest BCUT2D eigenvalue weighted by molar-refractivity contribution is 7.99. The fraction of sp³-hybridized carbons (Fsp3) is 0.467. The molecule has 1 unspecified atom stereocenters. The minimum Gasteiger partial charge on any atom is -0.478 e. The Labute approximate surface area is 128 Å². The summed E-state index contributed by atoms with van der Waals surface area (Å²) in [4.78, 5) is 22.6. The van der Waals surface area contributed by atoms with Crippen LogP contribution in [0.25, 0.3) is 0 Å². The molecule has 0 aliphatic carbocycles. The van der Waals surface area contributed by atoms with Crippen molar-refractivity contribution in [3.63, 3.8) is 0 Å². The van der Waals surface area contributed by atoms with Crippen molar-refractivity contribution in [2.45, 2.75) is 25.3 Å². The summed E-state index contributed by atoms with van der Waals surface area (Å²) in [6, 6.07) is 6.91. The van der Waals surface area contributed by atoms with Crippen LogP contribution in [0.15, 0.2) is 24.3 Å². The van der Waals surface area contributed by atoms with Crippen molar-refractivity contribution in [3.05, 3.63) is 35.4 Å². The summed E-state index contributed by atoms with van der Waals surface area (Å²) in [6.45, 7) is 0.495. The largest absolute Gasteiger partial charge is 0.478 e. The molecule has 1 atom stereocenters. The predicted molar refractivity (Wildman–Crippen MR) is 84.0 cm³/mol. The van der Waals surface area contributed by atoms with Gasteiger partial charge in [-0.2, -0.15) is 11.8 Å². The van der Waals surface area contributed by atoms with Gasteiger partial charge in [-0.1, -0.05) is 12.1 Å². The maximum Gasteiger partial charge on any atom is 0.335 e. The Morgan fingerprint density at radius 1 is 1.38 bits per heavy atom. The maximum absolute atomic E-state index is 11.8. The highest BCUT2D eigenvalue weighted by atomic mass is 32.2. The highest BCUT2D eigenvalue weighted by Crippen LogP contribution is 2.16. The number of benzene rings is 1. The quantitative estimate of drug-likeness (QED) is 0.778. The van der Waals surface area contributed by atoms with E-state index >= 15 is 0 Å². The Kier molecular flexibility index (Phi) is 5.92. The molecule has 0 aromatic heterocycles. The number of nitrogens with one attached hydrogen (secondary N) is 2. The van der Waals surface area contributed by atoms with Gasteiger partial charge in [-0.3, -0.25) is 0 Å². The van der Waals surface area contributed by atoms with Gasteiger partial charge in [0.05, 0.1) is 5.56 Å². The monoisotopic (exact) mass is 308 g/mol. The van der Waals surface area contributed by atoms with E-state index in [1.165, 1.54) is 5.75 Å². The highest BCUT2D eigenvalue weighted by Gasteiger charge is 2.15. The van der Waals surface area contributed by atoms with Crippen molar-refractivity contribution in [2.75, 3.05) is 18.1 Å². The number of urea groups is 1. The minimum atomic E-state index is -0.933. The second kappa shape index (κ2) is 7.93. The van der Waals surface area contributed by atoms with Crippen LogP contribution in [0.2, 0.25) is 0 Å². The van der Waals surface area contributed by atoms with Crippen LogP contribution in [0, 0.1) is 0 Å². The third-order valence-corrected chi connectivity index (χ3v) is 4.58. The lowest BCUT2D eigenvalue weighted by atomic mass is 10.1. The van der Waals surface area contributed by atoms with E-state index in [9.17, 15) is 9.59 Å². The first-order valence-corrected chi connectivity index (χ1v) is 8.25. The van der Waals surface area contributed by atoms with Crippen molar-refractivity contribution >= 4 is 23.8 Å². The Balaban J connectivity index is 1.72. The number of hydrogen-bond acceptors (Lipinski definition) is 3. The molecule has 1 aromatic carbocycles. The molecule has 3 N–H and O–H groups in total. The standard InChI is InChI=1S/C15H20N2O3S/c18-14(19)12-4-1-3-11(9-12)6-7-16-15(20)17-13-5-2-8-21-10-13/h1,3-4,9,13H,2,5-8,10H2,(H,18,19)(H2,16,17,20). The number of carbonyl (C=O) groups is 2. The summed E-state index contributed by atoms with van der Waals surface area (Å²) in [5, 5.41) is 14.7. The van der Waals surface area contributed by atoms with Crippen LogP contribution in [-0.2, 0) is 6.42 Å². The number of carbonyl (C=O) groups excluding carboxylic acids is 1. The Morgan fingerprint density at radius 2 is 2.24 bits per heavy atom. The molecule has 1 saturated heterocycles. The summed E-state index contributed by atoms with van der Waals surface area (Å²) >= 11 is 1.87. The van der Waals surface area contributed by atoms with E-state index in [2.05, 4.69) is 10.6 Å². The number of amides is 2. The molecule has 0 saturated carbocycles. The van der Waals surface area contributed by atoms with Gasteiger partial charge in [0.2, 0.25) is 0 Å². The van der Waals surface area contributed by atoms with Gasteiger partial charge < -0.3 is 15.7 Å². The zero-order valence-electron chi connectivity index (χ0n) is 11.8. The van der Waals surface area contributed by atoms with Gasteiger partial charge >= 0.3 is 12.0 Å². The van der Waals surface area contributed by atoms with Crippen molar-refractivity contribution in [1.29, 1.82) is 0 Å². The zero-order chi connectivity index (χ0) is 15.1. The van der Waals surface area contributed by atoms with Crippen LogP contribution in [0.1, 0.15) is 28.8 Å². The lowest BCUT2D eigenvalue weighted by Gasteiger charge is -2.22. The molecule has 2 rings (SSSR count). The molecule has 6 heteroatoms. The topological polar surface area (TPSA) is 78.4 Å². The van der Waals surface area contributed by atoms with E-state index in [4.69, 9.17) is 5.11 Å². The summed E-state index contributed by atoms with van der Waals surface area (Å²) < 4.78 is 0. The Hall–Kier alpha value is -1.69. The molecular weight excluding hydrogens is 288 g/mol. The van der Waals surface area contributed by atoms with Crippen molar-refractivity contribution < 1.29 is 14.7 Å². The summed E-state index contributed by atoms with van der Waals surface area (Å²) in [5.41, 5.74) is 1.18. The third kappa shape index (κ3) is 5.30. The number of hydrogen-bond donors (Lipinski definition) is 3. The average molecular weight is 308 g/mol. The smallest absolute Gasteiger partial charge is 0.335 e. The molecule has 1 aliphatic rings. The van der Waals surface area contributed by atoms with E-state index in [0.717, 1.165) is 24.2 Å². The molecule has 2 amide bonds. The first-order valence-electron chi connectivity index (χ1n) is 7.09. The second-order valence-corrected chi connectivity index (χ2v) is 6.22. The van der Waals surface area contributed by atoms with Gasteiger partial charge in [0, 0.05) is 18.3 Å². The molecule has 1 aliphatic heterocycles. The maximum atomic E-state index is 11.8. The van der Waals surface area contributed by atoms with Crippen LogP contribution in [0.5, 0.6) is 0 Å². The number of carboxylic acids is 1. The molecule has 1 aromatic rings. The lowest BCUT2D eigenvalue weighted by molar-refractivity contribution is 0.0696. The SMILES string of the molecule is O=C(NCCc1cccc(C(=O)O)c1)NC1CCCSC1. The van der Waals surface area contributed by atoms with Crippen LogP contribution in [0.3, 0.4) is 0 Å². The normalized spacial score (nSPS) is 18.0. The van der Waals surface area contributed by atoms with Crippen LogP contribution in [0.4, 0.5) is 4.79 Å². The van der Waals surface area contributed by atoms with Crippen molar-refractivity contribution in [3.8, 4) is 0 Å². The van der Waals surface area contributed by atoms with Gasteiger partial charge in [0.1, 0.15) is 0 Å². The molecule has 1 heterocycles. The summed E-state index contributed by atoms with van der Waals surface area (Å²) in [5.74, 6) is 1.23. The van der Waals surface area contributed by atoms with E-state index in [1.54, 1.807) is 18.2 Å². The number of thioether (sulfide) groups is 1. The predicted octanol–water partition coefficient (Wildman–Crippen LogP) is 2.12. The molecule has 0 bridgehead atoms. The van der Waals surface area contributed by atoms with Gasteiger partial charge in [-0.15, -0.1) is 0 Å². The van der Waals surface area contributed by atoms with E-state index in [1.807, 2.05) is 17.8 Å². The second-order valence-electron chi connectivity index (χ2n) is 5.07. The summed E-state index contributed by atoms with van der Waals surface area (Å²) in [6.07, 6.45) is 2.81. The fourth-order valence-corrected chi connectivity index (χ4v) is 3.34. The van der Waals surface area contributed by atoms with E-state index in [-0.39, 0.29) is 17.6 Å². The Morgan fingerprint density at radius 3 is 2.95 bits per heavy atom. The molecule has 21 heavy (non-hydrogen) atoms. The first-order chi connectivity index (χ1) is 10.1. The van der Waals surface area contributed by atoms with Crippen LogP contribution >= 0.6 is 11.8 Å². The van der Waals surface area contributed by atoms with Gasteiger partial charge in [-0.25, -0.2) is 9.59 Å². The molecule has 0 radical (unpaired) electrons. The van der Waals surface area contributed by atoms with Crippen molar-refractivity contribution in [1.82, 2.24) is 10.6 Å². The zero-order valence-corrected chi connectivity index (χ0v) is 12.6. The Bertz CT molecular complexity index is 501. The molecule has 5 nitrogen and oxygen atoms in total. The van der Waals surface area contributed by atoms with Crippen molar-refractivity contribution in [2.24, 2.45) is 0 Å². The van der Waals surface area contributed by atoms with E-state index < -0.39 is 5.97 Å². The van der Waals surface area contributed by atoms with Crippen LogP contribution in [-0.4, -0.2) is 41.2 Å². The number of carboxylic acid groups (broad SMARTS) is 1. The fourth-order valence-electron chi connectivity index (χ4n) is 2.27. The molecule has 114 valence electrons. The van der Waals surface area contributed by atoms with Gasteiger partial charge in [0.15, 0.2) is 0 Å². The minimum absolute atomic E-state index is 0.142. The third-order valence-electron chi connectivity index (χ3n) is 3.37. The molecule has 1 fully saturated rings.